The molecule has 0 aliphatic carbocycles. The van der Waals surface area contributed by atoms with Crippen LogP contribution in [0.2, 0.25) is 0 Å². The molecule has 0 radical (unpaired) electrons. The normalized spacial score (nSPS) is 21.9. The van der Waals surface area contributed by atoms with Crippen molar-refractivity contribution < 1.29 is 19.4 Å². The molecular formula is C18H27NO4. The van der Waals surface area contributed by atoms with E-state index < -0.39 is 5.60 Å². The third-order valence-corrected chi connectivity index (χ3v) is 4.13. The molecule has 2 atom stereocenters. The molecule has 0 spiro atoms. The Morgan fingerprint density at radius 1 is 1.35 bits per heavy atom. The van der Waals surface area contributed by atoms with Gasteiger partial charge in [-0.2, -0.15) is 0 Å². The summed E-state index contributed by atoms with van der Waals surface area (Å²) in [6.45, 7) is 6.05. The van der Waals surface area contributed by atoms with Crippen molar-refractivity contribution in [2.45, 2.75) is 51.2 Å². The Labute approximate surface area is 138 Å². The zero-order valence-electron chi connectivity index (χ0n) is 14.4. The lowest BCUT2D eigenvalue weighted by molar-refractivity contribution is -0.000517. The van der Waals surface area contributed by atoms with Crippen LogP contribution in [-0.2, 0) is 4.74 Å². The van der Waals surface area contributed by atoms with Crippen molar-refractivity contribution in [1.82, 2.24) is 4.90 Å². The van der Waals surface area contributed by atoms with Crippen LogP contribution in [-0.4, -0.2) is 48.0 Å². The number of aliphatic hydroxyl groups is 1. The predicted octanol–water partition coefficient (Wildman–Crippen LogP) is 3.17. The van der Waals surface area contributed by atoms with Gasteiger partial charge in [-0.25, -0.2) is 4.79 Å². The number of nitrogens with zero attached hydrogens (tertiary/aromatic N) is 1. The first-order valence-corrected chi connectivity index (χ1v) is 8.09. The van der Waals surface area contributed by atoms with E-state index >= 15 is 0 Å². The van der Waals surface area contributed by atoms with Gasteiger partial charge in [0.15, 0.2) is 0 Å². The Hall–Kier alpha value is -1.75. The van der Waals surface area contributed by atoms with E-state index in [1.165, 1.54) is 0 Å². The Bertz CT molecular complexity index is 538. The molecule has 1 aromatic rings. The second kappa shape index (κ2) is 7.21. The summed E-state index contributed by atoms with van der Waals surface area (Å²) in [4.78, 5) is 14.0. The zero-order valence-corrected chi connectivity index (χ0v) is 14.4. The highest BCUT2D eigenvalue weighted by Crippen LogP contribution is 2.36. The molecule has 1 amide bonds. The first kappa shape index (κ1) is 17.6. The molecule has 0 aromatic heterocycles. The molecule has 1 aliphatic rings. The standard InChI is InChI=1S/C18H27NO4/c1-18(2,3)23-17(21)19-10-9-13(11-14(19)12-20)15-7-5-6-8-16(15)22-4/h5-8,13-14,20H,9-12H2,1-4H3. The Kier molecular flexibility index (Phi) is 5.52. The average molecular weight is 321 g/mol. The Morgan fingerprint density at radius 2 is 2.04 bits per heavy atom. The van der Waals surface area contributed by atoms with Gasteiger partial charge in [0, 0.05) is 6.54 Å². The number of rotatable bonds is 3. The summed E-state index contributed by atoms with van der Waals surface area (Å²) in [6, 6.07) is 7.71. The van der Waals surface area contributed by atoms with Gasteiger partial charge in [0.2, 0.25) is 0 Å². The summed E-state index contributed by atoms with van der Waals surface area (Å²) in [5.74, 6) is 1.13. The Balaban J connectivity index is 2.11. The average Bonchev–Trinajstić information content (AvgIpc) is 2.52. The SMILES string of the molecule is COc1ccccc1C1CCN(C(=O)OC(C)(C)C)C(CO)C1. The second-order valence-electron chi connectivity index (χ2n) is 6.97. The number of methoxy groups -OCH3 is 1. The molecule has 1 fully saturated rings. The molecule has 0 saturated carbocycles. The molecule has 5 nitrogen and oxygen atoms in total. The van der Waals surface area contributed by atoms with E-state index in [1.807, 2.05) is 39.0 Å². The quantitative estimate of drug-likeness (QED) is 0.929. The maximum Gasteiger partial charge on any atom is 0.410 e. The van der Waals surface area contributed by atoms with Crippen LogP contribution in [0.5, 0.6) is 5.75 Å². The fraction of sp³-hybridized carbons (Fsp3) is 0.611. The number of ether oxygens (including phenoxy) is 2. The van der Waals surface area contributed by atoms with Gasteiger partial charge in [0.05, 0.1) is 19.8 Å². The molecule has 1 heterocycles. The number of aliphatic hydroxyl groups excluding tert-OH is 1. The van der Waals surface area contributed by atoms with Gasteiger partial charge in [-0.1, -0.05) is 18.2 Å². The van der Waals surface area contributed by atoms with Crippen molar-refractivity contribution in [2.24, 2.45) is 0 Å². The number of hydrogen-bond acceptors (Lipinski definition) is 4. The van der Waals surface area contributed by atoms with Crippen LogP contribution in [0.1, 0.15) is 45.1 Å². The summed E-state index contributed by atoms with van der Waals surface area (Å²) >= 11 is 0. The molecule has 1 N–H and O–H groups in total. The maximum atomic E-state index is 12.3. The van der Waals surface area contributed by atoms with Crippen LogP contribution in [0.15, 0.2) is 24.3 Å². The molecule has 2 rings (SSSR count). The number of benzene rings is 1. The van der Waals surface area contributed by atoms with E-state index in [0.717, 1.165) is 17.7 Å². The van der Waals surface area contributed by atoms with Crippen LogP contribution in [0, 0.1) is 0 Å². The van der Waals surface area contributed by atoms with E-state index in [1.54, 1.807) is 12.0 Å². The third kappa shape index (κ3) is 4.38. The molecule has 0 bridgehead atoms. The summed E-state index contributed by atoms with van der Waals surface area (Å²) in [5, 5.41) is 9.72. The predicted molar refractivity (Wildman–Crippen MR) is 88.8 cm³/mol. The number of amides is 1. The van der Waals surface area contributed by atoms with Crippen LogP contribution in [0.25, 0.3) is 0 Å². The molecule has 1 aliphatic heterocycles. The van der Waals surface area contributed by atoms with E-state index in [4.69, 9.17) is 9.47 Å². The molecule has 2 unspecified atom stereocenters. The molecular weight excluding hydrogens is 294 g/mol. The highest BCUT2D eigenvalue weighted by molar-refractivity contribution is 5.68. The second-order valence-corrected chi connectivity index (χ2v) is 6.97. The third-order valence-electron chi connectivity index (χ3n) is 4.13. The van der Waals surface area contributed by atoms with E-state index in [0.29, 0.717) is 13.0 Å². The zero-order chi connectivity index (χ0) is 17.0. The van der Waals surface area contributed by atoms with E-state index in [2.05, 4.69) is 6.07 Å². The van der Waals surface area contributed by atoms with Crippen molar-refractivity contribution in [3.8, 4) is 5.75 Å². The lowest BCUT2D eigenvalue weighted by Crippen LogP contribution is -2.49. The fourth-order valence-corrected chi connectivity index (χ4v) is 3.07. The number of carbonyl (C=O) groups excluding carboxylic acids is 1. The highest BCUT2D eigenvalue weighted by atomic mass is 16.6. The van der Waals surface area contributed by atoms with Crippen LogP contribution >= 0.6 is 0 Å². The Morgan fingerprint density at radius 3 is 2.65 bits per heavy atom. The number of piperidine rings is 1. The van der Waals surface area contributed by atoms with Gasteiger partial charge in [-0.3, -0.25) is 0 Å². The molecule has 1 aromatic carbocycles. The van der Waals surface area contributed by atoms with Crippen molar-refractivity contribution in [3.05, 3.63) is 29.8 Å². The summed E-state index contributed by atoms with van der Waals surface area (Å²) in [5.41, 5.74) is 0.605. The lowest BCUT2D eigenvalue weighted by Gasteiger charge is -2.39. The minimum Gasteiger partial charge on any atom is -0.496 e. The summed E-state index contributed by atoms with van der Waals surface area (Å²) < 4.78 is 10.9. The number of likely N-dealkylation sites (tertiary alicyclic amines) is 1. The molecule has 128 valence electrons. The van der Waals surface area contributed by atoms with Gasteiger partial charge < -0.3 is 19.5 Å². The van der Waals surface area contributed by atoms with Crippen LogP contribution < -0.4 is 4.74 Å². The monoisotopic (exact) mass is 321 g/mol. The molecule has 1 saturated heterocycles. The summed E-state index contributed by atoms with van der Waals surface area (Å²) in [6.07, 6.45) is 1.18. The minimum atomic E-state index is -0.531. The van der Waals surface area contributed by atoms with Crippen molar-refractivity contribution in [1.29, 1.82) is 0 Å². The van der Waals surface area contributed by atoms with Gasteiger partial charge in [0.1, 0.15) is 11.4 Å². The van der Waals surface area contributed by atoms with E-state index in [9.17, 15) is 9.90 Å². The van der Waals surface area contributed by atoms with Crippen molar-refractivity contribution in [3.63, 3.8) is 0 Å². The summed E-state index contributed by atoms with van der Waals surface area (Å²) in [7, 11) is 1.66. The topological polar surface area (TPSA) is 59.0 Å². The van der Waals surface area contributed by atoms with Crippen LogP contribution in [0.4, 0.5) is 4.79 Å². The van der Waals surface area contributed by atoms with Gasteiger partial charge >= 0.3 is 6.09 Å². The van der Waals surface area contributed by atoms with Gasteiger partial charge in [-0.15, -0.1) is 0 Å². The largest absolute Gasteiger partial charge is 0.496 e. The minimum absolute atomic E-state index is 0.0646. The molecule has 5 heteroatoms. The number of hydrogen-bond donors (Lipinski definition) is 1. The first-order chi connectivity index (χ1) is 10.9. The van der Waals surface area contributed by atoms with Crippen molar-refractivity contribution in [2.75, 3.05) is 20.3 Å². The number of carbonyl (C=O) groups is 1. The lowest BCUT2D eigenvalue weighted by atomic mass is 9.85. The first-order valence-electron chi connectivity index (χ1n) is 8.09. The van der Waals surface area contributed by atoms with Gasteiger partial charge in [-0.05, 0) is 51.2 Å². The van der Waals surface area contributed by atoms with E-state index in [-0.39, 0.29) is 24.7 Å². The highest BCUT2D eigenvalue weighted by Gasteiger charge is 2.35. The van der Waals surface area contributed by atoms with Crippen LogP contribution in [0.3, 0.4) is 0 Å². The van der Waals surface area contributed by atoms with Crippen molar-refractivity contribution >= 4 is 6.09 Å². The number of para-hydroxylation sites is 1. The van der Waals surface area contributed by atoms with Gasteiger partial charge in [0.25, 0.3) is 0 Å². The molecule has 23 heavy (non-hydrogen) atoms. The maximum absolute atomic E-state index is 12.3. The fourth-order valence-electron chi connectivity index (χ4n) is 3.07. The smallest absolute Gasteiger partial charge is 0.410 e.